The Bertz CT molecular complexity index is 861. The Balaban J connectivity index is 1.68. The van der Waals surface area contributed by atoms with Crippen LogP contribution >= 0.6 is 11.6 Å². The van der Waals surface area contributed by atoms with Gasteiger partial charge < -0.3 is 14.5 Å². The monoisotopic (exact) mass is 398 g/mol. The average molecular weight is 399 g/mol. The summed E-state index contributed by atoms with van der Waals surface area (Å²) >= 11 is 5.97. The molecule has 1 N–H and O–H groups in total. The molecule has 1 aromatic heterocycles. The zero-order valence-electron chi connectivity index (χ0n) is 14.0. The summed E-state index contributed by atoms with van der Waals surface area (Å²) in [5, 5.41) is 2.93. The van der Waals surface area contributed by atoms with Gasteiger partial charge in [0.1, 0.15) is 16.4 Å². The first kappa shape index (κ1) is 18.8. The molecule has 2 heterocycles. The number of amides is 1. The summed E-state index contributed by atoms with van der Waals surface area (Å²) in [4.78, 5) is 11.9. The molecule has 0 unspecified atom stereocenters. The van der Waals surface area contributed by atoms with E-state index in [1.807, 2.05) is 0 Å². The lowest BCUT2D eigenvalue weighted by molar-refractivity contribution is -0.123. The van der Waals surface area contributed by atoms with Crippen molar-refractivity contribution in [1.29, 1.82) is 0 Å². The zero-order valence-corrected chi connectivity index (χ0v) is 15.6. The quantitative estimate of drug-likeness (QED) is 0.773. The lowest BCUT2D eigenvalue weighted by Gasteiger charge is -2.18. The summed E-state index contributed by atoms with van der Waals surface area (Å²) in [6, 6.07) is 7.80. The number of carbonyl (C=O) groups excluding carboxylic acids is 1. The summed E-state index contributed by atoms with van der Waals surface area (Å²) in [5.74, 6) is 0.331. The molecule has 0 aliphatic carbocycles. The van der Waals surface area contributed by atoms with Crippen LogP contribution in [0.15, 0.2) is 45.9 Å². The number of nitrogens with one attached hydrogen (secondary N) is 1. The van der Waals surface area contributed by atoms with E-state index in [0.29, 0.717) is 18.8 Å². The molecule has 2 aromatic rings. The molecule has 0 atom stereocenters. The van der Waals surface area contributed by atoms with Crippen molar-refractivity contribution in [3.63, 3.8) is 0 Å². The summed E-state index contributed by atoms with van der Waals surface area (Å²) in [6.45, 7) is 0.857. The number of carbonyl (C=O) groups is 1. The maximum atomic E-state index is 12.8. The van der Waals surface area contributed by atoms with Crippen LogP contribution in [-0.4, -0.2) is 38.3 Å². The minimum atomic E-state index is -3.71. The van der Waals surface area contributed by atoms with Gasteiger partial charge in [-0.25, -0.2) is 8.42 Å². The minimum Gasteiger partial charge on any atom is -0.482 e. The Hall–Kier alpha value is -2.03. The SMILES string of the molecule is O=C(COc1ccc(Cl)cc1S(=O)(=O)N1CCCC1)NCc1ccco1. The summed E-state index contributed by atoms with van der Waals surface area (Å²) in [5.41, 5.74) is 0. The van der Waals surface area contributed by atoms with Gasteiger partial charge >= 0.3 is 0 Å². The molecule has 0 bridgehead atoms. The van der Waals surface area contributed by atoms with E-state index in [9.17, 15) is 13.2 Å². The highest BCUT2D eigenvalue weighted by atomic mass is 35.5. The fraction of sp³-hybridized carbons (Fsp3) is 0.353. The first-order chi connectivity index (χ1) is 12.5. The number of halogens is 1. The highest BCUT2D eigenvalue weighted by molar-refractivity contribution is 7.89. The van der Waals surface area contributed by atoms with Gasteiger partial charge in [-0.05, 0) is 43.2 Å². The van der Waals surface area contributed by atoms with Crippen LogP contribution in [0.2, 0.25) is 5.02 Å². The number of benzene rings is 1. The molecular formula is C17H19ClN2O5S. The normalized spacial score (nSPS) is 15.1. The van der Waals surface area contributed by atoms with E-state index in [0.717, 1.165) is 12.8 Å². The molecule has 1 aliphatic heterocycles. The van der Waals surface area contributed by atoms with E-state index < -0.39 is 10.0 Å². The van der Waals surface area contributed by atoms with Crippen LogP contribution in [0.4, 0.5) is 0 Å². The van der Waals surface area contributed by atoms with Crippen LogP contribution in [0.3, 0.4) is 0 Å². The molecule has 9 heteroatoms. The van der Waals surface area contributed by atoms with Gasteiger partial charge in [-0.1, -0.05) is 11.6 Å². The van der Waals surface area contributed by atoms with E-state index in [2.05, 4.69) is 5.32 Å². The van der Waals surface area contributed by atoms with Gasteiger partial charge in [-0.3, -0.25) is 4.79 Å². The van der Waals surface area contributed by atoms with Crippen LogP contribution in [0, 0.1) is 0 Å². The van der Waals surface area contributed by atoms with Gasteiger partial charge in [-0.2, -0.15) is 4.31 Å². The molecule has 1 amide bonds. The van der Waals surface area contributed by atoms with Gasteiger partial charge in [-0.15, -0.1) is 0 Å². The lowest BCUT2D eigenvalue weighted by Crippen LogP contribution is -2.30. The smallest absolute Gasteiger partial charge is 0.258 e. The Labute approximate surface area is 156 Å². The van der Waals surface area contributed by atoms with Crippen molar-refractivity contribution in [1.82, 2.24) is 9.62 Å². The number of hydrogen-bond donors (Lipinski definition) is 1. The van der Waals surface area contributed by atoms with E-state index in [1.54, 1.807) is 12.1 Å². The van der Waals surface area contributed by atoms with Crippen LogP contribution < -0.4 is 10.1 Å². The Morgan fingerprint density at radius 1 is 1.27 bits per heavy atom. The van der Waals surface area contributed by atoms with E-state index in [4.69, 9.17) is 20.8 Å². The molecule has 0 saturated carbocycles. The number of nitrogens with zero attached hydrogens (tertiary/aromatic N) is 1. The van der Waals surface area contributed by atoms with Gasteiger partial charge in [0.2, 0.25) is 10.0 Å². The Kier molecular flexibility index (Phi) is 5.85. The van der Waals surface area contributed by atoms with Crippen LogP contribution in [0.1, 0.15) is 18.6 Å². The van der Waals surface area contributed by atoms with Gasteiger partial charge in [0.05, 0.1) is 12.8 Å². The fourth-order valence-corrected chi connectivity index (χ4v) is 4.57. The molecule has 140 valence electrons. The number of ether oxygens (including phenoxy) is 1. The molecule has 1 aromatic carbocycles. The second kappa shape index (κ2) is 8.11. The maximum Gasteiger partial charge on any atom is 0.258 e. The molecule has 26 heavy (non-hydrogen) atoms. The molecular weight excluding hydrogens is 380 g/mol. The van der Waals surface area contributed by atoms with Gasteiger partial charge in [0.15, 0.2) is 6.61 Å². The predicted molar refractivity (Wildman–Crippen MR) is 95.5 cm³/mol. The van der Waals surface area contributed by atoms with E-state index in [1.165, 1.54) is 28.8 Å². The third-order valence-corrected chi connectivity index (χ3v) is 6.14. The number of sulfonamides is 1. The van der Waals surface area contributed by atoms with Crippen molar-refractivity contribution in [2.24, 2.45) is 0 Å². The highest BCUT2D eigenvalue weighted by Gasteiger charge is 2.30. The van der Waals surface area contributed by atoms with Gasteiger partial charge in [0, 0.05) is 18.1 Å². The third-order valence-electron chi connectivity index (χ3n) is 3.99. The molecule has 3 rings (SSSR count). The Morgan fingerprint density at radius 3 is 2.73 bits per heavy atom. The number of furan rings is 1. The second-order valence-electron chi connectivity index (χ2n) is 5.85. The van der Waals surface area contributed by atoms with Gasteiger partial charge in [0.25, 0.3) is 5.91 Å². The minimum absolute atomic E-state index is 0.0225. The Morgan fingerprint density at radius 2 is 2.04 bits per heavy atom. The zero-order chi connectivity index (χ0) is 18.6. The topological polar surface area (TPSA) is 88.9 Å². The molecule has 1 fully saturated rings. The highest BCUT2D eigenvalue weighted by Crippen LogP contribution is 2.31. The summed E-state index contributed by atoms with van der Waals surface area (Å²) < 4.78 is 37.6. The molecule has 1 saturated heterocycles. The fourth-order valence-electron chi connectivity index (χ4n) is 2.66. The summed E-state index contributed by atoms with van der Waals surface area (Å²) in [6.07, 6.45) is 3.16. The van der Waals surface area contributed by atoms with E-state index >= 15 is 0 Å². The van der Waals surface area contributed by atoms with Crippen molar-refractivity contribution in [3.05, 3.63) is 47.4 Å². The first-order valence-corrected chi connectivity index (χ1v) is 10.0. The molecule has 0 radical (unpaired) electrons. The molecule has 0 spiro atoms. The second-order valence-corrected chi connectivity index (χ2v) is 8.19. The number of rotatable bonds is 7. The van der Waals surface area contributed by atoms with Crippen LogP contribution in [0.25, 0.3) is 0 Å². The number of hydrogen-bond acceptors (Lipinski definition) is 5. The first-order valence-electron chi connectivity index (χ1n) is 8.18. The van der Waals surface area contributed by atoms with Crippen LogP contribution in [-0.2, 0) is 21.4 Å². The van der Waals surface area contributed by atoms with Crippen molar-refractivity contribution >= 4 is 27.5 Å². The maximum absolute atomic E-state index is 12.8. The lowest BCUT2D eigenvalue weighted by atomic mass is 10.3. The third kappa shape index (κ3) is 4.38. The van der Waals surface area contributed by atoms with Crippen molar-refractivity contribution in [2.75, 3.05) is 19.7 Å². The standard InChI is InChI=1S/C17H19ClN2O5S/c18-13-5-6-15(16(10-13)26(22,23)20-7-1-2-8-20)25-12-17(21)19-11-14-4-3-9-24-14/h3-6,9-10H,1-2,7-8,11-12H2,(H,19,21). The van der Waals surface area contributed by atoms with Crippen molar-refractivity contribution in [3.8, 4) is 5.75 Å². The van der Waals surface area contributed by atoms with Crippen LogP contribution in [0.5, 0.6) is 5.75 Å². The largest absolute Gasteiger partial charge is 0.482 e. The molecule has 1 aliphatic rings. The predicted octanol–water partition coefficient (Wildman–Crippen LogP) is 2.41. The van der Waals surface area contributed by atoms with Crippen molar-refractivity contribution in [2.45, 2.75) is 24.3 Å². The van der Waals surface area contributed by atoms with E-state index in [-0.39, 0.29) is 34.7 Å². The summed E-state index contributed by atoms with van der Waals surface area (Å²) in [7, 11) is -3.71. The average Bonchev–Trinajstić information content (AvgIpc) is 3.32. The molecule has 7 nitrogen and oxygen atoms in total. The van der Waals surface area contributed by atoms with Crippen molar-refractivity contribution < 1.29 is 22.4 Å².